The number of nitrogens with one attached hydrogen (secondary N) is 1. The number of carbonyl (C=O) groups is 1. The van der Waals surface area contributed by atoms with Gasteiger partial charge in [0.25, 0.3) is 5.69 Å². The molecule has 0 heterocycles. The molecule has 0 aliphatic carbocycles. The fourth-order valence-electron chi connectivity index (χ4n) is 2.30. The topological polar surface area (TPSA) is 75.5 Å². The van der Waals surface area contributed by atoms with E-state index in [1.165, 1.54) is 13.0 Å². The van der Waals surface area contributed by atoms with Crippen molar-refractivity contribution in [2.24, 2.45) is 5.41 Å². The van der Waals surface area contributed by atoms with Crippen LogP contribution in [0.4, 0.5) is 11.4 Å². The number of hydrogen-bond acceptors (Lipinski definition) is 5. The van der Waals surface area contributed by atoms with Gasteiger partial charge in [-0.15, -0.1) is 0 Å². The van der Waals surface area contributed by atoms with E-state index in [4.69, 9.17) is 0 Å². The van der Waals surface area contributed by atoms with Crippen molar-refractivity contribution in [1.29, 1.82) is 0 Å². The number of benzene rings is 1. The Kier molecular flexibility index (Phi) is 5.43. The quantitative estimate of drug-likeness (QED) is 0.475. The van der Waals surface area contributed by atoms with Crippen LogP contribution in [-0.2, 0) is 0 Å². The standard InChI is InChI=1S/C15H23N3O3/c1-11(19)12-6-7-13(14(8-12)18(20)21)16-9-15(2,3)10-17(4)5/h6-8,16H,9-10H2,1-5H3. The van der Waals surface area contributed by atoms with Crippen LogP contribution in [0.1, 0.15) is 31.1 Å². The first-order chi connectivity index (χ1) is 9.62. The fraction of sp³-hybridized carbons (Fsp3) is 0.533. The van der Waals surface area contributed by atoms with Crippen molar-refractivity contribution < 1.29 is 9.72 Å². The van der Waals surface area contributed by atoms with E-state index in [1.54, 1.807) is 12.1 Å². The van der Waals surface area contributed by atoms with Crippen molar-refractivity contribution in [2.45, 2.75) is 20.8 Å². The molecule has 1 aromatic carbocycles. The molecule has 0 saturated heterocycles. The number of Topliss-reactive ketones (excluding diaryl/α,β-unsaturated/α-hetero) is 1. The van der Waals surface area contributed by atoms with Gasteiger partial charge in [0.15, 0.2) is 5.78 Å². The van der Waals surface area contributed by atoms with Gasteiger partial charge in [-0.1, -0.05) is 13.8 Å². The maximum absolute atomic E-state index is 11.3. The number of nitro benzene ring substituents is 1. The summed E-state index contributed by atoms with van der Waals surface area (Å²) >= 11 is 0. The Bertz CT molecular complexity index is 539. The molecule has 1 N–H and O–H groups in total. The second-order valence-electron chi connectivity index (χ2n) is 6.30. The van der Waals surface area contributed by atoms with Crippen molar-refractivity contribution in [1.82, 2.24) is 4.90 Å². The van der Waals surface area contributed by atoms with Gasteiger partial charge in [-0.05, 0) is 38.6 Å². The predicted octanol–water partition coefficient (Wildman–Crippen LogP) is 2.80. The van der Waals surface area contributed by atoms with Crippen molar-refractivity contribution in [3.63, 3.8) is 0 Å². The third-order valence-corrected chi connectivity index (χ3v) is 3.10. The molecule has 0 aromatic heterocycles. The van der Waals surface area contributed by atoms with Crippen LogP contribution in [0, 0.1) is 15.5 Å². The minimum Gasteiger partial charge on any atom is -0.379 e. The van der Waals surface area contributed by atoms with E-state index in [9.17, 15) is 14.9 Å². The lowest BCUT2D eigenvalue weighted by atomic mass is 9.93. The molecular weight excluding hydrogens is 270 g/mol. The van der Waals surface area contributed by atoms with E-state index < -0.39 is 4.92 Å². The van der Waals surface area contributed by atoms with Crippen LogP contribution in [0.2, 0.25) is 0 Å². The number of carbonyl (C=O) groups excluding carboxylic acids is 1. The molecular formula is C15H23N3O3. The third-order valence-electron chi connectivity index (χ3n) is 3.10. The molecule has 21 heavy (non-hydrogen) atoms. The molecule has 6 nitrogen and oxygen atoms in total. The lowest BCUT2D eigenvalue weighted by molar-refractivity contribution is -0.384. The highest BCUT2D eigenvalue weighted by molar-refractivity contribution is 5.95. The van der Waals surface area contributed by atoms with Gasteiger partial charge >= 0.3 is 0 Å². The second-order valence-corrected chi connectivity index (χ2v) is 6.30. The van der Waals surface area contributed by atoms with Gasteiger partial charge in [-0.25, -0.2) is 0 Å². The van der Waals surface area contributed by atoms with Crippen molar-refractivity contribution in [2.75, 3.05) is 32.5 Å². The smallest absolute Gasteiger partial charge is 0.293 e. The van der Waals surface area contributed by atoms with Crippen LogP contribution >= 0.6 is 0 Å². The molecule has 0 radical (unpaired) electrons. The number of ketones is 1. The summed E-state index contributed by atoms with van der Waals surface area (Å²) in [6.07, 6.45) is 0. The van der Waals surface area contributed by atoms with Crippen molar-refractivity contribution >= 4 is 17.2 Å². The van der Waals surface area contributed by atoms with Crippen molar-refractivity contribution in [3.8, 4) is 0 Å². The van der Waals surface area contributed by atoms with Gasteiger partial charge in [0.1, 0.15) is 5.69 Å². The largest absolute Gasteiger partial charge is 0.379 e. The molecule has 0 atom stereocenters. The first-order valence-electron chi connectivity index (χ1n) is 6.80. The minimum atomic E-state index is -0.465. The lowest BCUT2D eigenvalue weighted by Gasteiger charge is -2.28. The molecule has 0 aliphatic rings. The molecule has 0 aliphatic heterocycles. The molecule has 0 spiro atoms. The van der Waals surface area contributed by atoms with Crippen LogP contribution in [-0.4, -0.2) is 42.8 Å². The fourth-order valence-corrected chi connectivity index (χ4v) is 2.30. The summed E-state index contributed by atoms with van der Waals surface area (Å²) in [4.78, 5) is 24.1. The van der Waals surface area contributed by atoms with Crippen LogP contribution in [0.3, 0.4) is 0 Å². The normalized spacial score (nSPS) is 11.5. The van der Waals surface area contributed by atoms with Gasteiger partial charge < -0.3 is 10.2 Å². The Labute approximate surface area is 125 Å². The van der Waals surface area contributed by atoms with Crippen LogP contribution in [0.25, 0.3) is 0 Å². The van der Waals surface area contributed by atoms with Gasteiger partial charge in [-0.3, -0.25) is 14.9 Å². The maximum atomic E-state index is 11.3. The van der Waals surface area contributed by atoms with E-state index in [2.05, 4.69) is 24.1 Å². The van der Waals surface area contributed by atoms with E-state index in [1.807, 2.05) is 14.1 Å². The second kappa shape index (κ2) is 6.67. The Morgan fingerprint density at radius 1 is 1.38 bits per heavy atom. The summed E-state index contributed by atoms with van der Waals surface area (Å²) in [5, 5.41) is 14.3. The Hall–Kier alpha value is -1.95. The third kappa shape index (κ3) is 5.15. The van der Waals surface area contributed by atoms with Gasteiger partial charge in [0, 0.05) is 24.7 Å². The zero-order valence-corrected chi connectivity index (χ0v) is 13.3. The Morgan fingerprint density at radius 3 is 2.48 bits per heavy atom. The van der Waals surface area contributed by atoms with Gasteiger partial charge in [-0.2, -0.15) is 0 Å². The summed E-state index contributed by atoms with van der Waals surface area (Å²) in [5.41, 5.74) is 0.691. The average molecular weight is 293 g/mol. The Balaban J connectivity index is 2.93. The van der Waals surface area contributed by atoms with Crippen LogP contribution < -0.4 is 5.32 Å². The molecule has 0 bridgehead atoms. The molecule has 0 amide bonds. The molecule has 0 saturated carbocycles. The summed E-state index contributed by atoms with van der Waals surface area (Å²) in [6, 6.07) is 4.53. The van der Waals surface area contributed by atoms with E-state index in [-0.39, 0.29) is 16.9 Å². The number of rotatable bonds is 7. The minimum absolute atomic E-state index is 0.0311. The number of hydrogen-bond donors (Lipinski definition) is 1. The highest BCUT2D eigenvalue weighted by Crippen LogP contribution is 2.27. The number of nitrogens with zero attached hydrogens (tertiary/aromatic N) is 2. The van der Waals surface area contributed by atoms with Crippen LogP contribution in [0.5, 0.6) is 0 Å². The molecule has 1 rings (SSSR count). The lowest BCUT2D eigenvalue weighted by Crippen LogP contribution is -2.34. The van der Waals surface area contributed by atoms with E-state index in [0.717, 1.165) is 6.54 Å². The summed E-state index contributed by atoms with van der Waals surface area (Å²) in [6.45, 7) is 7.04. The highest BCUT2D eigenvalue weighted by atomic mass is 16.6. The predicted molar refractivity (Wildman–Crippen MR) is 83.9 cm³/mol. The summed E-state index contributed by atoms with van der Waals surface area (Å²) in [7, 11) is 3.98. The Morgan fingerprint density at radius 2 is 2.00 bits per heavy atom. The van der Waals surface area contributed by atoms with Gasteiger partial charge in [0.05, 0.1) is 4.92 Å². The number of anilines is 1. The van der Waals surface area contributed by atoms with Crippen LogP contribution in [0.15, 0.2) is 18.2 Å². The summed E-state index contributed by atoms with van der Waals surface area (Å²) < 4.78 is 0. The summed E-state index contributed by atoms with van der Waals surface area (Å²) in [5.74, 6) is -0.183. The average Bonchev–Trinajstić information content (AvgIpc) is 2.34. The zero-order chi connectivity index (χ0) is 16.2. The molecule has 6 heteroatoms. The first-order valence-corrected chi connectivity index (χ1v) is 6.80. The SMILES string of the molecule is CC(=O)c1ccc(NCC(C)(C)CN(C)C)c([N+](=O)[O-])c1. The highest BCUT2D eigenvalue weighted by Gasteiger charge is 2.21. The van der Waals surface area contributed by atoms with Gasteiger partial charge in [0.2, 0.25) is 0 Å². The van der Waals surface area contributed by atoms with Crippen molar-refractivity contribution in [3.05, 3.63) is 33.9 Å². The molecule has 116 valence electrons. The zero-order valence-electron chi connectivity index (χ0n) is 13.3. The molecule has 1 aromatic rings. The van der Waals surface area contributed by atoms with E-state index >= 15 is 0 Å². The maximum Gasteiger partial charge on any atom is 0.293 e. The van der Waals surface area contributed by atoms with E-state index in [0.29, 0.717) is 17.8 Å². The monoisotopic (exact) mass is 293 g/mol. The first kappa shape index (κ1) is 17.1. The molecule has 0 fully saturated rings. The number of nitro groups is 1. The molecule has 0 unspecified atom stereocenters.